The summed E-state index contributed by atoms with van der Waals surface area (Å²) in [6.45, 7) is 8.53. The highest BCUT2D eigenvalue weighted by atomic mass is 16.7. The average molecular weight is 319 g/mol. The number of hydrogen-bond donors (Lipinski definition) is 0. The van der Waals surface area contributed by atoms with Crippen LogP contribution in [0.1, 0.15) is 19.8 Å². The molecule has 0 bridgehead atoms. The van der Waals surface area contributed by atoms with Crippen molar-refractivity contribution in [2.45, 2.75) is 25.9 Å². The lowest BCUT2D eigenvalue weighted by Crippen LogP contribution is -2.36. The van der Waals surface area contributed by atoms with E-state index in [0.29, 0.717) is 19.7 Å². The number of likely N-dealkylation sites (N-methyl/N-ethyl adjacent to an activating group) is 1. The smallest absolute Gasteiger partial charge is 0.246 e. The fourth-order valence-electron chi connectivity index (χ4n) is 2.54. The minimum Gasteiger partial charge on any atom is -0.469 e. The summed E-state index contributed by atoms with van der Waals surface area (Å²) in [6.07, 6.45) is 11.0. The molecule has 2 rings (SSSR count). The predicted octanol–water partition coefficient (Wildman–Crippen LogP) is 2.57. The van der Waals surface area contributed by atoms with Crippen molar-refractivity contribution in [3.63, 3.8) is 0 Å². The van der Waals surface area contributed by atoms with Gasteiger partial charge in [0.2, 0.25) is 5.91 Å². The number of carbonyl (C=O) groups is 1. The van der Waals surface area contributed by atoms with E-state index in [1.807, 2.05) is 19.1 Å². The highest BCUT2D eigenvalue weighted by molar-refractivity contribution is 5.88. The van der Waals surface area contributed by atoms with Gasteiger partial charge in [-0.1, -0.05) is 18.7 Å². The van der Waals surface area contributed by atoms with Gasteiger partial charge in [-0.05, 0) is 37.5 Å². The van der Waals surface area contributed by atoms with Gasteiger partial charge in [-0.2, -0.15) is 0 Å². The molecule has 0 aromatic heterocycles. The minimum atomic E-state index is -0.0139. The van der Waals surface area contributed by atoms with E-state index in [2.05, 4.69) is 6.58 Å². The maximum absolute atomic E-state index is 12.4. The summed E-state index contributed by atoms with van der Waals surface area (Å²) >= 11 is 0. The third-order valence-electron chi connectivity index (χ3n) is 3.77. The summed E-state index contributed by atoms with van der Waals surface area (Å²) in [5, 5.41) is 0. The molecule has 23 heavy (non-hydrogen) atoms. The normalized spacial score (nSPS) is 23.4. The molecule has 1 amide bonds. The molecule has 0 radical (unpaired) electrons. The third kappa shape index (κ3) is 5.69. The van der Waals surface area contributed by atoms with Gasteiger partial charge in [0.15, 0.2) is 6.79 Å². The fourth-order valence-corrected chi connectivity index (χ4v) is 2.54. The monoisotopic (exact) mass is 319 g/mol. The van der Waals surface area contributed by atoms with Crippen LogP contribution in [0.3, 0.4) is 0 Å². The van der Waals surface area contributed by atoms with Crippen LogP contribution in [-0.2, 0) is 19.0 Å². The summed E-state index contributed by atoms with van der Waals surface area (Å²) in [7, 11) is 0. The number of hydrogen-bond acceptors (Lipinski definition) is 4. The first-order valence-corrected chi connectivity index (χ1v) is 8.05. The van der Waals surface area contributed by atoms with E-state index in [4.69, 9.17) is 14.2 Å². The van der Waals surface area contributed by atoms with E-state index in [1.165, 1.54) is 0 Å². The molecule has 2 fully saturated rings. The Morgan fingerprint density at radius 3 is 2.91 bits per heavy atom. The maximum Gasteiger partial charge on any atom is 0.246 e. The molecular weight excluding hydrogens is 294 g/mol. The van der Waals surface area contributed by atoms with Crippen molar-refractivity contribution in [2.75, 3.05) is 33.1 Å². The van der Waals surface area contributed by atoms with Crippen LogP contribution < -0.4 is 0 Å². The Labute approximate surface area is 137 Å². The van der Waals surface area contributed by atoms with Crippen molar-refractivity contribution in [1.29, 1.82) is 0 Å². The molecule has 126 valence electrons. The van der Waals surface area contributed by atoms with Crippen LogP contribution in [-0.4, -0.2) is 50.0 Å². The third-order valence-corrected chi connectivity index (χ3v) is 3.77. The zero-order chi connectivity index (χ0) is 16.5. The summed E-state index contributed by atoms with van der Waals surface area (Å²) < 4.78 is 16.1. The predicted molar refractivity (Wildman–Crippen MR) is 88.6 cm³/mol. The molecule has 5 heteroatoms. The number of carbonyl (C=O) groups excluding carboxylic acids is 1. The van der Waals surface area contributed by atoms with Crippen molar-refractivity contribution >= 4 is 5.91 Å². The van der Waals surface area contributed by atoms with Gasteiger partial charge in [-0.15, -0.1) is 0 Å². The van der Waals surface area contributed by atoms with Crippen molar-refractivity contribution in [2.24, 2.45) is 0 Å². The lowest BCUT2D eigenvalue weighted by Gasteiger charge is -2.22. The quantitative estimate of drug-likeness (QED) is 0.534. The first-order chi connectivity index (χ1) is 11.2. The lowest BCUT2D eigenvalue weighted by atomic mass is 10.2. The van der Waals surface area contributed by atoms with Gasteiger partial charge >= 0.3 is 0 Å². The second-order valence-corrected chi connectivity index (χ2v) is 5.47. The number of amides is 1. The van der Waals surface area contributed by atoms with E-state index in [0.717, 1.165) is 30.8 Å². The second kappa shape index (κ2) is 9.33. The Bertz CT molecular complexity index is 493. The Balaban J connectivity index is 1.96. The van der Waals surface area contributed by atoms with Crippen LogP contribution >= 0.6 is 0 Å². The number of allylic oxidation sites excluding steroid dienone is 5. The van der Waals surface area contributed by atoms with E-state index in [-0.39, 0.29) is 18.8 Å². The maximum atomic E-state index is 12.4. The molecule has 2 aliphatic heterocycles. The van der Waals surface area contributed by atoms with Crippen LogP contribution in [0.5, 0.6) is 0 Å². The molecule has 2 heterocycles. The first kappa shape index (κ1) is 17.5. The van der Waals surface area contributed by atoms with Crippen molar-refractivity contribution < 1.29 is 19.0 Å². The molecule has 0 aliphatic carbocycles. The second-order valence-electron chi connectivity index (χ2n) is 5.47. The van der Waals surface area contributed by atoms with Gasteiger partial charge in [0.25, 0.3) is 0 Å². The number of ether oxygens (including phenoxy) is 3. The zero-order valence-corrected chi connectivity index (χ0v) is 13.7. The van der Waals surface area contributed by atoms with Gasteiger partial charge in [0, 0.05) is 25.8 Å². The van der Waals surface area contributed by atoms with E-state index >= 15 is 0 Å². The highest BCUT2D eigenvalue weighted by Crippen LogP contribution is 2.14. The fraction of sp³-hybridized carbons (Fsp3) is 0.500. The average Bonchev–Trinajstić information content (AvgIpc) is 3.23. The van der Waals surface area contributed by atoms with Crippen molar-refractivity contribution in [3.05, 3.63) is 48.3 Å². The van der Waals surface area contributed by atoms with E-state index in [9.17, 15) is 4.79 Å². The molecule has 0 spiro atoms. The molecular formula is C18H25NO4. The molecule has 0 aromatic carbocycles. The van der Waals surface area contributed by atoms with Crippen molar-refractivity contribution in [1.82, 2.24) is 4.90 Å². The van der Waals surface area contributed by atoms with Crippen LogP contribution in [0.25, 0.3) is 0 Å². The van der Waals surface area contributed by atoms with Gasteiger partial charge in [-0.3, -0.25) is 4.79 Å². The molecule has 2 aliphatic rings. The zero-order valence-electron chi connectivity index (χ0n) is 13.7. The molecule has 1 unspecified atom stereocenters. The minimum absolute atomic E-state index is 0.0139. The molecule has 1 atom stereocenters. The van der Waals surface area contributed by atoms with Gasteiger partial charge in [0.1, 0.15) is 12.4 Å². The van der Waals surface area contributed by atoms with Crippen LogP contribution in [0.2, 0.25) is 0 Å². The Hall–Kier alpha value is -1.85. The molecule has 2 saturated heterocycles. The summed E-state index contributed by atoms with van der Waals surface area (Å²) in [5.41, 5.74) is 0.849. The first-order valence-electron chi connectivity index (χ1n) is 8.05. The van der Waals surface area contributed by atoms with Crippen LogP contribution in [0, 0.1) is 0 Å². The Morgan fingerprint density at radius 2 is 2.30 bits per heavy atom. The topological polar surface area (TPSA) is 48.0 Å². The van der Waals surface area contributed by atoms with E-state index in [1.54, 1.807) is 23.1 Å². The molecule has 5 nitrogen and oxygen atoms in total. The Morgan fingerprint density at radius 1 is 1.43 bits per heavy atom. The van der Waals surface area contributed by atoms with Gasteiger partial charge in [0.05, 0.1) is 6.10 Å². The van der Waals surface area contributed by atoms with E-state index < -0.39 is 0 Å². The highest BCUT2D eigenvalue weighted by Gasteiger charge is 2.20. The summed E-state index contributed by atoms with van der Waals surface area (Å²) in [5.74, 6) is 0.738. The van der Waals surface area contributed by atoms with Gasteiger partial charge < -0.3 is 19.1 Å². The molecule has 0 aromatic rings. The summed E-state index contributed by atoms with van der Waals surface area (Å²) in [6, 6.07) is 0. The standard InChI is InChI=1S/C18H25NO4/c1-3-6-15(11-17-13-21-14-23-17)8-9-18(20)19(4-2)12-16-7-5-10-22-16/h3,6,8-9,11,16H,1,4-5,7,10,12-14H2,2H3/b9-8+,15-6-,17-11+. The SMILES string of the molecule is C=C/C=C(/C=C/C(=O)N(CC)CC1CCCO1)\C=C1/COCO1. The largest absolute Gasteiger partial charge is 0.469 e. The van der Waals surface area contributed by atoms with Crippen LogP contribution in [0.4, 0.5) is 0 Å². The van der Waals surface area contributed by atoms with Gasteiger partial charge in [-0.25, -0.2) is 0 Å². The number of rotatable bonds is 7. The Kier molecular flexibility index (Phi) is 7.10. The lowest BCUT2D eigenvalue weighted by molar-refractivity contribution is -0.127. The molecule has 0 saturated carbocycles. The van der Waals surface area contributed by atoms with Crippen molar-refractivity contribution in [3.8, 4) is 0 Å². The summed E-state index contributed by atoms with van der Waals surface area (Å²) in [4.78, 5) is 14.2. The van der Waals surface area contributed by atoms with Crippen LogP contribution in [0.15, 0.2) is 48.3 Å². The number of nitrogens with zero attached hydrogens (tertiary/aromatic N) is 1. The molecule has 0 N–H and O–H groups in total.